The van der Waals surface area contributed by atoms with Crippen LogP contribution in [0.3, 0.4) is 0 Å². The van der Waals surface area contributed by atoms with Gasteiger partial charge in [0.05, 0.1) is 10.6 Å². The molecule has 1 N–H and O–H groups in total. The number of nitrogens with one attached hydrogen (secondary N) is 1. The van der Waals surface area contributed by atoms with Crippen LogP contribution in [0, 0.1) is 12.7 Å². The minimum absolute atomic E-state index is 0.0957. The van der Waals surface area contributed by atoms with Gasteiger partial charge in [-0.15, -0.1) is 0 Å². The lowest BCUT2D eigenvalue weighted by Gasteiger charge is -2.34. The number of hydrogen-bond donors (Lipinski definition) is 1. The summed E-state index contributed by atoms with van der Waals surface area (Å²) in [5, 5.41) is 2.98. The Morgan fingerprint density at radius 1 is 0.841 bits per heavy atom. The molecule has 0 spiro atoms. The minimum atomic E-state index is -4.28. The number of carbonyl (C=O) groups excluding carboxylic acids is 2. The number of aryl methyl sites for hydroxylation is 1. The molecule has 4 aromatic carbocycles. The molecular formula is C35H38FN3O4S. The highest BCUT2D eigenvalue weighted by molar-refractivity contribution is 7.92. The largest absolute Gasteiger partial charge is 0.354 e. The third-order valence-corrected chi connectivity index (χ3v) is 9.05. The van der Waals surface area contributed by atoms with Crippen LogP contribution in [-0.2, 0) is 32.6 Å². The van der Waals surface area contributed by atoms with Crippen molar-refractivity contribution in [1.29, 1.82) is 0 Å². The van der Waals surface area contributed by atoms with E-state index in [1.165, 1.54) is 17.0 Å². The van der Waals surface area contributed by atoms with Gasteiger partial charge in [-0.3, -0.25) is 13.9 Å². The molecule has 1 unspecified atom stereocenters. The second-order valence-electron chi connectivity index (χ2n) is 10.7. The molecule has 0 saturated carbocycles. The first kappa shape index (κ1) is 32.4. The van der Waals surface area contributed by atoms with Gasteiger partial charge in [0.2, 0.25) is 11.8 Å². The van der Waals surface area contributed by atoms with Crippen molar-refractivity contribution in [3.63, 3.8) is 0 Å². The first-order valence-corrected chi connectivity index (χ1v) is 16.1. The molecule has 4 rings (SSSR count). The molecule has 0 fully saturated rings. The molecule has 44 heavy (non-hydrogen) atoms. The first-order valence-electron chi connectivity index (χ1n) is 14.7. The number of para-hydroxylation sites is 1. The summed E-state index contributed by atoms with van der Waals surface area (Å²) < 4.78 is 42.6. The maximum Gasteiger partial charge on any atom is 0.264 e. The first-order chi connectivity index (χ1) is 21.2. The molecule has 0 aliphatic carbocycles. The summed E-state index contributed by atoms with van der Waals surface area (Å²) in [6.07, 6.45) is 1.92. The van der Waals surface area contributed by atoms with Crippen molar-refractivity contribution in [2.24, 2.45) is 0 Å². The molecule has 7 nitrogen and oxygen atoms in total. The fourth-order valence-electron chi connectivity index (χ4n) is 4.92. The molecule has 0 aliphatic heterocycles. The van der Waals surface area contributed by atoms with E-state index in [2.05, 4.69) is 5.32 Å². The predicted octanol–water partition coefficient (Wildman–Crippen LogP) is 5.89. The van der Waals surface area contributed by atoms with Crippen molar-refractivity contribution in [3.05, 3.63) is 132 Å². The molecule has 4 aromatic rings. The third-order valence-electron chi connectivity index (χ3n) is 7.26. The van der Waals surface area contributed by atoms with Gasteiger partial charge in [-0.25, -0.2) is 12.8 Å². The summed E-state index contributed by atoms with van der Waals surface area (Å²) in [6, 6.07) is 29.0. The number of rotatable bonds is 14. The van der Waals surface area contributed by atoms with E-state index in [-0.39, 0.29) is 29.5 Å². The Labute approximate surface area is 259 Å². The quantitative estimate of drug-likeness (QED) is 0.179. The highest BCUT2D eigenvalue weighted by Crippen LogP contribution is 2.25. The lowest BCUT2D eigenvalue weighted by atomic mass is 10.0. The lowest BCUT2D eigenvalue weighted by Crippen LogP contribution is -2.53. The number of hydrogen-bond acceptors (Lipinski definition) is 4. The second-order valence-corrected chi connectivity index (χ2v) is 12.5. The van der Waals surface area contributed by atoms with E-state index in [4.69, 9.17) is 0 Å². The Morgan fingerprint density at radius 2 is 1.48 bits per heavy atom. The Balaban J connectivity index is 1.77. The monoisotopic (exact) mass is 615 g/mol. The second kappa shape index (κ2) is 15.3. The average molecular weight is 616 g/mol. The summed E-state index contributed by atoms with van der Waals surface area (Å²) in [6.45, 7) is 3.96. The van der Waals surface area contributed by atoms with Gasteiger partial charge < -0.3 is 10.2 Å². The van der Waals surface area contributed by atoms with Crippen molar-refractivity contribution >= 4 is 27.5 Å². The molecule has 0 radical (unpaired) electrons. The van der Waals surface area contributed by atoms with Crippen molar-refractivity contribution in [3.8, 4) is 0 Å². The number of nitrogens with zero attached hydrogens (tertiary/aromatic N) is 2. The van der Waals surface area contributed by atoms with Gasteiger partial charge in [0.15, 0.2) is 0 Å². The maximum absolute atomic E-state index is 14.4. The van der Waals surface area contributed by atoms with Crippen LogP contribution in [0.2, 0.25) is 0 Å². The summed E-state index contributed by atoms with van der Waals surface area (Å²) >= 11 is 0. The van der Waals surface area contributed by atoms with Crippen LogP contribution in [0.5, 0.6) is 0 Å². The lowest BCUT2D eigenvalue weighted by molar-refractivity contribution is -0.140. The Bertz CT molecular complexity index is 1630. The molecule has 230 valence electrons. The van der Waals surface area contributed by atoms with Gasteiger partial charge in [0.1, 0.15) is 18.4 Å². The van der Waals surface area contributed by atoms with Crippen molar-refractivity contribution in [2.75, 3.05) is 17.4 Å². The number of halogens is 1. The highest BCUT2D eigenvalue weighted by atomic mass is 32.2. The van der Waals surface area contributed by atoms with Crippen molar-refractivity contribution in [1.82, 2.24) is 10.2 Å². The smallest absolute Gasteiger partial charge is 0.264 e. The maximum atomic E-state index is 14.4. The topological polar surface area (TPSA) is 86.8 Å². The zero-order valence-corrected chi connectivity index (χ0v) is 25.8. The van der Waals surface area contributed by atoms with Crippen LogP contribution >= 0.6 is 0 Å². The highest BCUT2D eigenvalue weighted by Gasteiger charge is 2.34. The fraction of sp³-hybridized carbons (Fsp3) is 0.257. The Morgan fingerprint density at radius 3 is 2.11 bits per heavy atom. The molecule has 0 heterocycles. The van der Waals surface area contributed by atoms with Gasteiger partial charge in [-0.1, -0.05) is 91.7 Å². The van der Waals surface area contributed by atoms with Crippen LogP contribution in [0.25, 0.3) is 0 Å². The standard InChI is InChI=1S/C35H38FN3O4S/c1-3-4-22-37-35(41)33(24-28-13-7-5-8-14-28)38(25-29-15-11-12-27(2)23-29)34(40)26-39(31-16-9-6-10-17-31)44(42,43)32-20-18-30(36)19-21-32/h5-21,23,33H,3-4,22,24-26H2,1-2H3,(H,37,41). The van der Waals surface area contributed by atoms with E-state index in [1.54, 1.807) is 30.3 Å². The van der Waals surface area contributed by atoms with Gasteiger partial charge in [0.25, 0.3) is 10.0 Å². The molecule has 2 amide bonds. The van der Waals surface area contributed by atoms with Crippen LogP contribution in [-0.4, -0.2) is 44.3 Å². The summed E-state index contributed by atoms with van der Waals surface area (Å²) in [7, 11) is -4.28. The van der Waals surface area contributed by atoms with Gasteiger partial charge >= 0.3 is 0 Å². The minimum Gasteiger partial charge on any atom is -0.354 e. The summed E-state index contributed by atoms with van der Waals surface area (Å²) in [5.41, 5.74) is 2.94. The molecule has 0 bridgehead atoms. The van der Waals surface area contributed by atoms with Crippen LogP contribution in [0.1, 0.15) is 36.5 Å². The third kappa shape index (κ3) is 8.54. The van der Waals surface area contributed by atoms with Gasteiger partial charge in [0, 0.05) is 19.5 Å². The predicted molar refractivity (Wildman–Crippen MR) is 171 cm³/mol. The van der Waals surface area contributed by atoms with E-state index in [0.29, 0.717) is 6.54 Å². The van der Waals surface area contributed by atoms with E-state index in [9.17, 15) is 22.4 Å². The Hall–Kier alpha value is -4.50. The molecule has 9 heteroatoms. The molecule has 0 aliphatic rings. The van der Waals surface area contributed by atoms with Crippen molar-refractivity contribution in [2.45, 2.75) is 50.6 Å². The zero-order valence-electron chi connectivity index (χ0n) is 25.0. The van der Waals surface area contributed by atoms with Crippen molar-refractivity contribution < 1.29 is 22.4 Å². The van der Waals surface area contributed by atoms with Crippen LogP contribution in [0.4, 0.5) is 10.1 Å². The van der Waals surface area contributed by atoms with Crippen LogP contribution < -0.4 is 9.62 Å². The molecule has 0 saturated heterocycles. The van der Waals surface area contributed by atoms with Gasteiger partial charge in [-0.2, -0.15) is 0 Å². The van der Waals surface area contributed by atoms with E-state index >= 15 is 0 Å². The van der Waals surface area contributed by atoms with Gasteiger partial charge in [-0.05, 0) is 60.9 Å². The number of carbonyl (C=O) groups is 2. The molecule has 0 aromatic heterocycles. The molecule has 1 atom stereocenters. The number of amides is 2. The SMILES string of the molecule is CCCCNC(=O)C(Cc1ccccc1)N(Cc1cccc(C)c1)C(=O)CN(c1ccccc1)S(=O)(=O)c1ccc(F)cc1. The Kier molecular flexibility index (Phi) is 11.3. The normalized spacial score (nSPS) is 11.9. The number of unbranched alkanes of at least 4 members (excludes halogenated alkanes) is 1. The summed E-state index contributed by atoms with van der Waals surface area (Å²) in [5.74, 6) is -1.43. The summed E-state index contributed by atoms with van der Waals surface area (Å²) in [4.78, 5) is 29.5. The van der Waals surface area contributed by atoms with E-state index in [0.717, 1.165) is 46.0 Å². The molecular weight excluding hydrogens is 577 g/mol. The number of sulfonamides is 1. The van der Waals surface area contributed by atoms with E-state index < -0.39 is 34.3 Å². The number of anilines is 1. The fourth-order valence-corrected chi connectivity index (χ4v) is 6.34. The van der Waals surface area contributed by atoms with Crippen LogP contribution in [0.15, 0.2) is 114 Å². The van der Waals surface area contributed by atoms with E-state index in [1.807, 2.05) is 68.4 Å². The zero-order chi connectivity index (χ0) is 31.5. The number of benzene rings is 4. The average Bonchev–Trinajstić information content (AvgIpc) is 3.02.